The van der Waals surface area contributed by atoms with E-state index in [1.807, 2.05) is 5.38 Å². The molecule has 1 unspecified atom stereocenters. The first kappa shape index (κ1) is 15.0. The third-order valence-corrected chi connectivity index (χ3v) is 5.73. The summed E-state index contributed by atoms with van der Waals surface area (Å²) in [7, 11) is -3.13. The summed E-state index contributed by atoms with van der Waals surface area (Å²) >= 11 is 1.62. The molecule has 1 aromatic carbocycles. The standard InChI is InChI=1S/C14H18N2O2S2/c1-3-13(14-15-9-10-19-14)16-11-5-7-12(8-6-11)20(17,18)4-2/h5-10,13,16H,3-4H2,1-2H3. The van der Waals surface area contributed by atoms with E-state index in [2.05, 4.69) is 17.2 Å². The SMILES string of the molecule is CCC(Nc1ccc(S(=O)(=O)CC)cc1)c1nccs1. The number of thiazole rings is 1. The highest BCUT2D eigenvalue weighted by Crippen LogP contribution is 2.25. The molecule has 0 spiro atoms. The van der Waals surface area contributed by atoms with Crippen LogP contribution in [0.25, 0.3) is 0 Å². The number of nitrogens with zero attached hydrogens (tertiary/aromatic N) is 1. The van der Waals surface area contributed by atoms with Gasteiger partial charge in [0.1, 0.15) is 5.01 Å². The van der Waals surface area contributed by atoms with Crippen molar-refractivity contribution in [1.82, 2.24) is 4.98 Å². The number of rotatable bonds is 6. The monoisotopic (exact) mass is 310 g/mol. The van der Waals surface area contributed by atoms with E-state index in [1.54, 1.807) is 48.7 Å². The van der Waals surface area contributed by atoms with Crippen molar-refractivity contribution < 1.29 is 8.42 Å². The number of aromatic nitrogens is 1. The second-order valence-electron chi connectivity index (χ2n) is 4.40. The minimum Gasteiger partial charge on any atom is -0.376 e. The van der Waals surface area contributed by atoms with Crippen LogP contribution in [-0.4, -0.2) is 19.2 Å². The molecule has 0 fully saturated rings. The van der Waals surface area contributed by atoms with E-state index < -0.39 is 9.84 Å². The van der Waals surface area contributed by atoms with Gasteiger partial charge in [-0.15, -0.1) is 11.3 Å². The van der Waals surface area contributed by atoms with Gasteiger partial charge in [-0.2, -0.15) is 0 Å². The third kappa shape index (κ3) is 3.37. The Labute approximate surface area is 123 Å². The zero-order chi connectivity index (χ0) is 14.6. The van der Waals surface area contributed by atoms with Gasteiger partial charge in [0.05, 0.1) is 16.7 Å². The molecule has 2 rings (SSSR count). The summed E-state index contributed by atoms with van der Waals surface area (Å²) in [5, 5.41) is 6.38. The predicted octanol–water partition coefficient (Wildman–Crippen LogP) is 3.50. The molecule has 1 aromatic heterocycles. The lowest BCUT2D eigenvalue weighted by Gasteiger charge is -2.16. The molecule has 0 radical (unpaired) electrons. The molecule has 108 valence electrons. The van der Waals surface area contributed by atoms with Crippen molar-refractivity contribution in [1.29, 1.82) is 0 Å². The maximum absolute atomic E-state index is 11.7. The molecular formula is C14H18N2O2S2. The van der Waals surface area contributed by atoms with Crippen LogP contribution in [0.5, 0.6) is 0 Å². The van der Waals surface area contributed by atoms with Crippen LogP contribution in [0.15, 0.2) is 40.7 Å². The highest BCUT2D eigenvalue weighted by Gasteiger charge is 2.13. The smallest absolute Gasteiger partial charge is 0.178 e. The molecule has 0 bridgehead atoms. The molecule has 0 amide bonds. The van der Waals surface area contributed by atoms with Gasteiger partial charge in [-0.3, -0.25) is 0 Å². The van der Waals surface area contributed by atoms with Gasteiger partial charge in [-0.1, -0.05) is 13.8 Å². The molecular weight excluding hydrogens is 292 g/mol. The second kappa shape index (κ2) is 6.37. The van der Waals surface area contributed by atoms with Crippen LogP contribution in [0.3, 0.4) is 0 Å². The Balaban J connectivity index is 2.15. The summed E-state index contributed by atoms with van der Waals surface area (Å²) in [6.45, 7) is 3.74. The van der Waals surface area contributed by atoms with Crippen molar-refractivity contribution in [2.24, 2.45) is 0 Å². The lowest BCUT2D eigenvalue weighted by Crippen LogP contribution is -2.09. The Hall–Kier alpha value is -1.40. The van der Waals surface area contributed by atoms with Gasteiger partial charge >= 0.3 is 0 Å². The fourth-order valence-electron chi connectivity index (χ4n) is 1.87. The zero-order valence-corrected chi connectivity index (χ0v) is 13.2. The lowest BCUT2D eigenvalue weighted by atomic mass is 10.2. The molecule has 20 heavy (non-hydrogen) atoms. The van der Waals surface area contributed by atoms with Gasteiger partial charge in [0, 0.05) is 17.3 Å². The Kier molecular flexibility index (Phi) is 4.77. The van der Waals surface area contributed by atoms with Crippen LogP contribution in [0.2, 0.25) is 0 Å². The largest absolute Gasteiger partial charge is 0.376 e. The van der Waals surface area contributed by atoms with E-state index in [4.69, 9.17) is 0 Å². The Morgan fingerprint density at radius 2 is 1.95 bits per heavy atom. The van der Waals surface area contributed by atoms with Gasteiger partial charge in [0.25, 0.3) is 0 Å². The molecule has 1 atom stereocenters. The zero-order valence-electron chi connectivity index (χ0n) is 11.5. The number of benzene rings is 1. The van der Waals surface area contributed by atoms with Crippen LogP contribution >= 0.6 is 11.3 Å². The van der Waals surface area contributed by atoms with E-state index in [9.17, 15) is 8.42 Å². The molecule has 6 heteroatoms. The fraction of sp³-hybridized carbons (Fsp3) is 0.357. The number of hydrogen-bond donors (Lipinski definition) is 1. The van der Waals surface area contributed by atoms with E-state index >= 15 is 0 Å². The highest BCUT2D eigenvalue weighted by atomic mass is 32.2. The molecule has 0 saturated heterocycles. The van der Waals surface area contributed by atoms with Crippen molar-refractivity contribution >= 4 is 26.9 Å². The van der Waals surface area contributed by atoms with E-state index in [-0.39, 0.29) is 11.8 Å². The lowest BCUT2D eigenvalue weighted by molar-refractivity contribution is 0.597. The number of sulfone groups is 1. The van der Waals surface area contributed by atoms with Crippen molar-refractivity contribution in [2.45, 2.75) is 31.2 Å². The molecule has 0 aliphatic heterocycles. The first-order valence-corrected chi connectivity index (χ1v) is 9.08. The van der Waals surface area contributed by atoms with Crippen LogP contribution in [0.4, 0.5) is 5.69 Å². The summed E-state index contributed by atoms with van der Waals surface area (Å²) in [6.07, 6.45) is 2.71. The maximum Gasteiger partial charge on any atom is 0.178 e. The van der Waals surface area contributed by atoms with Crippen molar-refractivity contribution in [3.8, 4) is 0 Å². The summed E-state index contributed by atoms with van der Waals surface area (Å²) in [5.74, 6) is 0.122. The topological polar surface area (TPSA) is 59.1 Å². The molecule has 0 aliphatic rings. The number of anilines is 1. The van der Waals surface area contributed by atoms with Crippen LogP contribution in [0, 0.1) is 0 Å². The summed E-state index contributed by atoms with van der Waals surface area (Å²) in [5.41, 5.74) is 0.905. The maximum atomic E-state index is 11.7. The van der Waals surface area contributed by atoms with Gasteiger partial charge in [-0.05, 0) is 30.7 Å². The minimum atomic E-state index is -3.13. The van der Waals surface area contributed by atoms with Gasteiger partial charge in [0.2, 0.25) is 0 Å². The minimum absolute atomic E-state index is 0.122. The normalized spacial score (nSPS) is 13.1. The summed E-state index contributed by atoms with van der Waals surface area (Å²) in [6, 6.07) is 7.06. The molecule has 4 nitrogen and oxygen atoms in total. The van der Waals surface area contributed by atoms with Gasteiger partial charge in [0.15, 0.2) is 9.84 Å². The highest BCUT2D eigenvalue weighted by molar-refractivity contribution is 7.91. The van der Waals surface area contributed by atoms with Crippen LogP contribution in [-0.2, 0) is 9.84 Å². The molecule has 0 saturated carbocycles. The Bertz CT molecular complexity index is 634. The van der Waals surface area contributed by atoms with Crippen LogP contribution in [0.1, 0.15) is 31.3 Å². The summed E-state index contributed by atoms with van der Waals surface area (Å²) in [4.78, 5) is 4.68. The van der Waals surface area contributed by atoms with Crippen molar-refractivity contribution in [3.05, 3.63) is 40.8 Å². The fourth-order valence-corrected chi connectivity index (χ4v) is 3.53. The van der Waals surface area contributed by atoms with Gasteiger partial charge < -0.3 is 5.32 Å². The molecule has 0 aliphatic carbocycles. The second-order valence-corrected chi connectivity index (χ2v) is 7.61. The van der Waals surface area contributed by atoms with E-state index in [0.29, 0.717) is 4.90 Å². The van der Waals surface area contributed by atoms with Gasteiger partial charge in [-0.25, -0.2) is 13.4 Å². The Morgan fingerprint density at radius 1 is 1.25 bits per heavy atom. The predicted molar refractivity (Wildman–Crippen MR) is 82.9 cm³/mol. The van der Waals surface area contributed by atoms with Crippen molar-refractivity contribution in [3.63, 3.8) is 0 Å². The Morgan fingerprint density at radius 3 is 2.45 bits per heavy atom. The van der Waals surface area contributed by atoms with E-state index in [1.165, 1.54) is 0 Å². The molecule has 2 aromatic rings. The number of nitrogens with one attached hydrogen (secondary N) is 1. The molecule has 1 N–H and O–H groups in total. The summed E-state index contributed by atoms with van der Waals surface area (Å²) < 4.78 is 23.5. The average molecular weight is 310 g/mol. The quantitative estimate of drug-likeness (QED) is 0.887. The van der Waals surface area contributed by atoms with Crippen molar-refractivity contribution in [2.75, 3.05) is 11.1 Å². The number of hydrogen-bond acceptors (Lipinski definition) is 5. The van der Waals surface area contributed by atoms with E-state index in [0.717, 1.165) is 17.1 Å². The van der Waals surface area contributed by atoms with Crippen LogP contribution < -0.4 is 5.32 Å². The first-order valence-electron chi connectivity index (χ1n) is 6.55. The first-order chi connectivity index (χ1) is 9.56. The average Bonchev–Trinajstić information content (AvgIpc) is 2.99. The third-order valence-electron chi connectivity index (χ3n) is 3.09. The molecule has 1 heterocycles.